The van der Waals surface area contributed by atoms with Gasteiger partial charge in [0.25, 0.3) is 5.91 Å². The van der Waals surface area contributed by atoms with Gasteiger partial charge in [0.05, 0.1) is 25.3 Å². The Balaban J connectivity index is 1.42. The van der Waals surface area contributed by atoms with Gasteiger partial charge in [0, 0.05) is 21.9 Å². The molecule has 2 aromatic rings. The SMILES string of the molecule is COc1ccc2c(O[C@@H]3C[C@@H](C(=O)N[C@]4(C(=O)NS(=O)(=O)C5CC5)C[C@H]4I)N(C(=O)[C@H](CC(=O)O)NC(=O)OC(C)(C)C)C3)nccc2c1. The minimum absolute atomic E-state index is 0.0952. The lowest BCUT2D eigenvalue weighted by Crippen LogP contribution is -2.58. The van der Waals surface area contributed by atoms with Gasteiger partial charge in [-0.1, -0.05) is 22.6 Å². The van der Waals surface area contributed by atoms with Crippen molar-refractivity contribution in [1.82, 2.24) is 25.2 Å². The first kappa shape index (κ1) is 36.3. The number of pyridine rings is 1. The highest BCUT2D eigenvalue weighted by Crippen LogP contribution is 2.44. The molecule has 2 saturated carbocycles. The third kappa shape index (κ3) is 8.45. The minimum atomic E-state index is -3.91. The number of aliphatic carboxylic acids is 1. The Hall–Kier alpha value is -3.94. The van der Waals surface area contributed by atoms with E-state index < -0.39 is 84.7 Å². The van der Waals surface area contributed by atoms with Crippen molar-refractivity contribution in [3.8, 4) is 11.6 Å². The number of carboxylic acids is 1. The highest BCUT2D eigenvalue weighted by molar-refractivity contribution is 14.1. The average molecular weight is 816 g/mol. The number of rotatable bonds is 12. The van der Waals surface area contributed by atoms with Gasteiger partial charge >= 0.3 is 12.1 Å². The van der Waals surface area contributed by atoms with Crippen LogP contribution in [-0.2, 0) is 33.9 Å². The Kier molecular flexibility index (Phi) is 10.2. The highest BCUT2D eigenvalue weighted by Gasteiger charge is 2.62. The molecule has 266 valence electrons. The lowest BCUT2D eigenvalue weighted by Gasteiger charge is -2.29. The summed E-state index contributed by atoms with van der Waals surface area (Å²) < 4.78 is 43.5. The number of carbonyl (C=O) groups excluding carboxylic acids is 4. The van der Waals surface area contributed by atoms with Crippen LogP contribution in [0.3, 0.4) is 0 Å². The van der Waals surface area contributed by atoms with Crippen molar-refractivity contribution in [3.05, 3.63) is 30.5 Å². The number of likely N-dealkylation sites (tertiary alicyclic amines) is 1. The van der Waals surface area contributed by atoms with Crippen molar-refractivity contribution in [3.63, 3.8) is 0 Å². The normalized spacial score (nSPS) is 24.0. The number of hydrogen-bond donors (Lipinski definition) is 4. The number of alkyl carbamates (subject to hydrolysis) is 1. The number of sulfonamides is 1. The molecule has 18 heteroatoms. The van der Waals surface area contributed by atoms with Crippen LogP contribution in [0.2, 0.25) is 0 Å². The molecule has 1 aliphatic heterocycles. The van der Waals surface area contributed by atoms with Crippen LogP contribution < -0.4 is 24.8 Å². The van der Waals surface area contributed by atoms with E-state index in [1.165, 1.54) is 13.3 Å². The van der Waals surface area contributed by atoms with E-state index in [2.05, 4.69) is 20.3 Å². The van der Waals surface area contributed by atoms with E-state index in [4.69, 9.17) is 14.2 Å². The molecule has 2 aliphatic carbocycles. The van der Waals surface area contributed by atoms with Crippen LogP contribution in [0.4, 0.5) is 4.79 Å². The smallest absolute Gasteiger partial charge is 0.408 e. The number of nitrogens with zero attached hydrogens (tertiary/aromatic N) is 2. The quantitative estimate of drug-likeness (QED) is 0.178. The number of nitrogens with one attached hydrogen (secondary N) is 3. The molecule has 0 bridgehead atoms. The number of carbonyl (C=O) groups is 5. The monoisotopic (exact) mass is 815 g/mol. The zero-order chi connectivity index (χ0) is 35.9. The van der Waals surface area contributed by atoms with E-state index in [1.807, 2.05) is 22.6 Å². The summed E-state index contributed by atoms with van der Waals surface area (Å²) in [5.74, 6) is -3.12. The summed E-state index contributed by atoms with van der Waals surface area (Å²) in [4.78, 5) is 71.0. The van der Waals surface area contributed by atoms with E-state index in [1.54, 1.807) is 45.0 Å². The van der Waals surface area contributed by atoms with Crippen molar-refractivity contribution < 1.29 is 51.7 Å². The fourth-order valence-corrected chi connectivity index (χ4v) is 8.03. The lowest BCUT2D eigenvalue weighted by molar-refractivity contribution is -0.145. The molecule has 3 aliphatic rings. The van der Waals surface area contributed by atoms with Gasteiger partial charge in [-0.15, -0.1) is 0 Å². The summed E-state index contributed by atoms with van der Waals surface area (Å²) in [6.07, 6.45) is -0.232. The Morgan fingerprint density at radius 1 is 1.16 bits per heavy atom. The Bertz CT molecular complexity index is 1780. The van der Waals surface area contributed by atoms with Crippen molar-refractivity contribution in [1.29, 1.82) is 0 Å². The first-order valence-electron chi connectivity index (χ1n) is 15.6. The summed E-state index contributed by atoms with van der Waals surface area (Å²) in [6.45, 7) is 4.59. The number of halogens is 1. The number of ether oxygens (including phenoxy) is 3. The number of fused-ring (bicyclic) bond motifs is 1. The molecular formula is C31H38IN5O11S. The zero-order valence-corrected chi connectivity index (χ0v) is 30.2. The number of amides is 4. The van der Waals surface area contributed by atoms with E-state index in [-0.39, 0.29) is 25.3 Å². The fourth-order valence-electron chi connectivity index (χ4n) is 5.54. The molecule has 1 aromatic carbocycles. The number of alkyl halides is 1. The molecule has 5 rings (SSSR count). The number of hydrogen-bond acceptors (Lipinski definition) is 11. The molecule has 49 heavy (non-hydrogen) atoms. The van der Waals surface area contributed by atoms with Crippen LogP contribution in [0.25, 0.3) is 10.8 Å². The maximum atomic E-state index is 14.0. The van der Waals surface area contributed by atoms with Crippen molar-refractivity contribution in [2.75, 3.05) is 13.7 Å². The summed E-state index contributed by atoms with van der Waals surface area (Å²) >= 11 is 1.94. The third-order valence-corrected chi connectivity index (χ3v) is 11.6. The van der Waals surface area contributed by atoms with Crippen molar-refractivity contribution in [2.24, 2.45) is 0 Å². The van der Waals surface area contributed by atoms with E-state index in [9.17, 15) is 37.5 Å². The number of methoxy groups -OCH3 is 1. The van der Waals surface area contributed by atoms with Crippen LogP contribution in [0.5, 0.6) is 11.6 Å². The Morgan fingerprint density at radius 3 is 2.45 bits per heavy atom. The van der Waals surface area contributed by atoms with Gasteiger partial charge in [-0.2, -0.15) is 0 Å². The molecule has 3 fully saturated rings. The first-order valence-corrected chi connectivity index (χ1v) is 18.3. The van der Waals surface area contributed by atoms with Crippen LogP contribution >= 0.6 is 22.6 Å². The van der Waals surface area contributed by atoms with Gasteiger partial charge in [0.15, 0.2) is 0 Å². The van der Waals surface area contributed by atoms with E-state index >= 15 is 0 Å². The molecule has 1 saturated heterocycles. The second-order valence-corrected chi connectivity index (χ2v) is 16.8. The maximum absolute atomic E-state index is 14.0. The molecule has 16 nitrogen and oxygen atoms in total. The topological polar surface area (TPSA) is 220 Å². The number of benzene rings is 1. The molecule has 5 atom stereocenters. The average Bonchev–Trinajstić information content (AvgIpc) is 3.92. The van der Waals surface area contributed by atoms with Crippen LogP contribution in [0, 0.1) is 0 Å². The largest absolute Gasteiger partial charge is 0.497 e. The lowest BCUT2D eigenvalue weighted by atomic mass is 10.1. The maximum Gasteiger partial charge on any atom is 0.408 e. The zero-order valence-electron chi connectivity index (χ0n) is 27.2. The van der Waals surface area contributed by atoms with Crippen molar-refractivity contribution in [2.45, 2.75) is 91.4 Å². The second kappa shape index (κ2) is 13.8. The standard InChI is InChI=1S/C31H38IN5O11S/c1-30(2,3)48-29(43)34-21(13-24(38)39)27(41)37-15-18(47-26-20-8-5-17(46-4)11-16(20)9-10-33-26)12-22(37)25(40)35-31(14-23(31)32)28(42)36-49(44,45)19-6-7-19/h5,8-11,18-19,21-23H,6-7,12-15H2,1-4H3,(H,34,43)(H,35,40)(H,36,42)(H,38,39)/t18-,21+,22+,23-,31-/m1/s1. The number of carboxylic acid groups (broad SMARTS) is 1. The summed E-state index contributed by atoms with van der Waals surface area (Å²) in [5.41, 5.74) is -2.49. The third-order valence-electron chi connectivity index (χ3n) is 8.25. The minimum Gasteiger partial charge on any atom is -0.497 e. The molecule has 0 spiro atoms. The summed E-state index contributed by atoms with van der Waals surface area (Å²) in [5, 5.41) is 15.3. The van der Waals surface area contributed by atoms with E-state index in [0.717, 1.165) is 10.3 Å². The second-order valence-electron chi connectivity index (χ2n) is 13.3. The molecule has 0 unspecified atom stereocenters. The fraction of sp³-hybridized carbons (Fsp3) is 0.548. The molecule has 2 heterocycles. The molecule has 4 N–H and O–H groups in total. The van der Waals surface area contributed by atoms with Gasteiger partial charge < -0.3 is 34.9 Å². The Labute approximate surface area is 296 Å². The van der Waals surface area contributed by atoms with Crippen molar-refractivity contribution >= 4 is 73.2 Å². The Morgan fingerprint density at radius 2 is 1.86 bits per heavy atom. The van der Waals surface area contributed by atoms with Crippen LogP contribution in [0.15, 0.2) is 30.5 Å². The van der Waals surface area contributed by atoms with Gasteiger partial charge in [0.2, 0.25) is 27.7 Å². The van der Waals surface area contributed by atoms with Gasteiger partial charge in [-0.05, 0) is 69.7 Å². The summed E-state index contributed by atoms with van der Waals surface area (Å²) in [7, 11) is -2.37. The van der Waals surface area contributed by atoms with Crippen LogP contribution in [-0.4, -0.2) is 105 Å². The molecule has 0 radical (unpaired) electrons. The number of aromatic nitrogens is 1. The predicted molar refractivity (Wildman–Crippen MR) is 182 cm³/mol. The highest BCUT2D eigenvalue weighted by atomic mass is 127. The van der Waals surface area contributed by atoms with E-state index in [0.29, 0.717) is 24.0 Å². The predicted octanol–water partition coefficient (Wildman–Crippen LogP) is 1.63. The molecular weight excluding hydrogens is 777 g/mol. The van der Waals surface area contributed by atoms with Gasteiger partial charge in [0.1, 0.15) is 35.1 Å². The van der Waals surface area contributed by atoms with Gasteiger partial charge in [-0.3, -0.25) is 23.9 Å². The summed E-state index contributed by atoms with van der Waals surface area (Å²) in [6, 6.07) is 4.10. The first-order chi connectivity index (χ1) is 22.9. The molecule has 4 amide bonds. The van der Waals surface area contributed by atoms with Gasteiger partial charge in [-0.25, -0.2) is 18.2 Å². The van der Waals surface area contributed by atoms with Crippen LogP contribution in [0.1, 0.15) is 52.9 Å². The molecule has 1 aromatic heterocycles.